The van der Waals surface area contributed by atoms with E-state index in [1.807, 2.05) is 38.1 Å². The molecule has 0 saturated heterocycles. The predicted molar refractivity (Wildman–Crippen MR) is 114 cm³/mol. The number of carboxylic acid groups (broad SMARTS) is 1. The van der Waals surface area contributed by atoms with E-state index in [0.29, 0.717) is 24.4 Å². The lowest BCUT2D eigenvalue weighted by Crippen LogP contribution is -2.37. The van der Waals surface area contributed by atoms with Gasteiger partial charge in [-0.15, -0.1) is 0 Å². The van der Waals surface area contributed by atoms with Crippen molar-refractivity contribution >= 4 is 17.0 Å². The lowest BCUT2D eigenvalue weighted by atomic mass is 10.0. The zero-order valence-corrected chi connectivity index (χ0v) is 17.3. The Labute approximate surface area is 169 Å². The minimum absolute atomic E-state index is 0.101. The summed E-state index contributed by atoms with van der Waals surface area (Å²) in [5.41, 5.74) is 4.25. The lowest BCUT2D eigenvalue weighted by Gasteiger charge is -2.16. The number of aliphatic carboxylic acids is 1. The molecule has 1 atom stereocenters. The number of nitrogens with one attached hydrogen (secondary N) is 2. The molecule has 0 saturated carbocycles. The molecule has 0 fully saturated rings. The lowest BCUT2D eigenvalue weighted by molar-refractivity contribution is -0.140. The Morgan fingerprint density at radius 3 is 2.69 bits per heavy atom. The van der Waals surface area contributed by atoms with Gasteiger partial charge in [0, 0.05) is 30.4 Å². The molecule has 0 amide bonds. The SMILES string of the molecule is CCn1c(-c2c[nH]c(=O)c(C)c2)nc2cc(CNC(CC(C)C)C(=O)O)ccc21. The zero-order chi connectivity index (χ0) is 21.1. The number of pyridine rings is 1. The Balaban J connectivity index is 1.91. The number of nitrogens with zero attached hydrogens (tertiary/aromatic N) is 2. The maximum atomic E-state index is 11.7. The largest absolute Gasteiger partial charge is 0.480 e. The number of aryl methyl sites for hydroxylation is 2. The second-order valence-corrected chi connectivity index (χ2v) is 7.80. The fraction of sp³-hybridized carbons (Fsp3) is 0.409. The quantitative estimate of drug-likeness (QED) is 0.542. The van der Waals surface area contributed by atoms with Gasteiger partial charge in [-0.05, 0) is 49.9 Å². The van der Waals surface area contributed by atoms with Crippen LogP contribution in [0.2, 0.25) is 0 Å². The molecule has 0 aliphatic rings. The molecule has 3 N–H and O–H groups in total. The number of hydrogen-bond donors (Lipinski definition) is 3. The van der Waals surface area contributed by atoms with Crippen molar-refractivity contribution in [1.82, 2.24) is 19.9 Å². The van der Waals surface area contributed by atoms with E-state index in [2.05, 4.69) is 21.8 Å². The first-order chi connectivity index (χ1) is 13.8. The van der Waals surface area contributed by atoms with Gasteiger partial charge in [-0.3, -0.25) is 9.59 Å². The monoisotopic (exact) mass is 396 g/mol. The van der Waals surface area contributed by atoms with E-state index in [0.717, 1.165) is 34.5 Å². The van der Waals surface area contributed by atoms with Crippen molar-refractivity contribution in [2.45, 2.75) is 53.2 Å². The summed E-state index contributed by atoms with van der Waals surface area (Å²) in [7, 11) is 0. The number of fused-ring (bicyclic) bond motifs is 1. The molecule has 154 valence electrons. The molecule has 7 nitrogen and oxygen atoms in total. The van der Waals surface area contributed by atoms with Gasteiger partial charge in [0.1, 0.15) is 11.9 Å². The summed E-state index contributed by atoms with van der Waals surface area (Å²) in [6.45, 7) is 9.08. The maximum absolute atomic E-state index is 11.7. The van der Waals surface area contributed by atoms with Gasteiger partial charge in [-0.2, -0.15) is 0 Å². The number of benzene rings is 1. The van der Waals surface area contributed by atoms with E-state index in [1.165, 1.54) is 0 Å². The topological polar surface area (TPSA) is 100 Å². The van der Waals surface area contributed by atoms with Crippen molar-refractivity contribution in [2.24, 2.45) is 5.92 Å². The third-order valence-electron chi connectivity index (χ3n) is 5.03. The van der Waals surface area contributed by atoms with Crippen LogP contribution in [0.5, 0.6) is 0 Å². The summed E-state index contributed by atoms with van der Waals surface area (Å²) in [5.74, 6) is 0.274. The number of aromatic nitrogens is 3. The van der Waals surface area contributed by atoms with E-state index in [4.69, 9.17) is 4.98 Å². The fourth-order valence-electron chi connectivity index (χ4n) is 3.54. The van der Waals surface area contributed by atoms with Crippen LogP contribution < -0.4 is 10.9 Å². The van der Waals surface area contributed by atoms with Crippen molar-refractivity contribution in [3.8, 4) is 11.4 Å². The molecule has 2 aromatic heterocycles. The normalized spacial score (nSPS) is 12.6. The molecular formula is C22H28N4O3. The molecule has 0 aliphatic carbocycles. The molecule has 29 heavy (non-hydrogen) atoms. The maximum Gasteiger partial charge on any atom is 0.320 e. The van der Waals surface area contributed by atoms with Gasteiger partial charge in [0.05, 0.1) is 11.0 Å². The molecule has 1 unspecified atom stereocenters. The average molecular weight is 396 g/mol. The molecule has 0 spiro atoms. The highest BCUT2D eigenvalue weighted by molar-refractivity contribution is 5.81. The number of imidazole rings is 1. The molecule has 7 heteroatoms. The zero-order valence-electron chi connectivity index (χ0n) is 17.3. The standard InChI is InChI=1S/C22H28N4O3/c1-5-26-19-7-6-15(11-23-18(22(28)29)8-13(2)3)10-17(19)25-20(26)16-9-14(4)21(27)24-12-16/h6-7,9-10,12-13,18,23H,5,8,11H2,1-4H3,(H,24,27)(H,28,29). The second-order valence-electron chi connectivity index (χ2n) is 7.80. The highest BCUT2D eigenvalue weighted by Crippen LogP contribution is 2.25. The van der Waals surface area contributed by atoms with E-state index in [9.17, 15) is 14.7 Å². The van der Waals surface area contributed by atoms with Gasteiger partial charge in [0.25, 0.3) is 5.56 Å². The summed E-state index contributed by atoms with van der Waals surface area (Å²) in [6, 6.07) is 7.28. The Morgan fingerprint density at radius 1 is 1.31 bits per heavy atom. The first-order valence-electron chi connectivity index (χ1n) is 9.95. The number of rotatable bonds is 8. The van der Waals surface area contributed by atoms with Crippen LogP contribution in [0.4, 0.5) is 0 Å². The van der Waals surface area contributed by atoms with Gasteiger partial charge in [-0.25, -0.2) is 4.98 Å². The van der Waals surface area contributed by atoms with Gasteiger partial charge in [0.15, 0.2) is 0 Å². The van der Waals surface area contributed by atoms with Crippen LogP contribution in [0.1, 0.15) is 38.3 Å². The summed E-state index contributed by atoms with van der Waals surface area (Å²) >= 11 is 0. The van der Waals surface area contributed by atoms with E-state index >= 15 is 0 Å². The van der Waals surface area contributed by atoms with Crippen LogP contribution in [-0.4, -0.2) is 31.7 Å². The molecule has 1 aromatic carbocycles. The van der Waals surface area contributed by atoms with Crippen LogP contribution in [0.3, 0.4) is 0 Å². The van der Waals surface area contributed by atoms with Crippen LogP contribution in [0, 0.1) is 12.8 Å². The van der Waals surface area contributed by atoms with Crippen LogP contribution in [-0.2, 0) is 17.9 Å². The van der Waals surface area contributed by atoms with Crippen molar-refractivity contribution < 1.29 is 9.90 Å². The molecule has 0 radical (unpaired) electrons. The van der Waals surface area contributed by atoms with Gasteiger partial charge in [-0.1, -0.05) is 19.9 Å². The Bertz CT molecular complexity index is 1080. The number of carbonyl (C=O) groups is 1. The smallest absolute Gasteiger partial charge is 0.320 e. The summed E-state index contributed by atoms with van der Waals surface area (Å²) in [5, 5.41) is 12.5. The van der Waals surface area contributed by atoms with Gasteiger partial charge >= 0.3 is 5.97 Å². The van der Waals surface area contributed by atoms with Crippen molar-refractivity contribution in [3.63, 3.8) is 0 Å². The van der Waals surface area contributed by atoms with E-state index in [1.54, 1.807) is 13.1 Å². The first kappa shape index (κ1) is 20.8. The molecule has 3 aromatic rings. The highest BCUT2D eigenvalue weighted by Gasteiger charge is 2.18. The van der Waals surface area contributed by atoms with Crippen molar-refractivity contribution in [1.29, 1.82) is 0 Å². The van der Waals surface area contributed by atoms with Crippen molar-refractivity contribution in [2.75, 3.05) is 0 Å². The van der Waals surface area contributed by atoms with Crippen LogP contribution in [0.15, 0.2) is 35.3 Å². The first-order valence-corrected chi connectivity index (χ1v) is 9.95. The number of aromatic amines is 1. The van der Waals surface area contributed by atoms with Gasteiger partial charge in [0.2, 0.25) is 0 Å². The third-order valence-corrected chi connectivity index (χ3v) is 5.03. The second kappa shape index (κ2) is 8.61. The Morgan fingerprint density at radius 2 is 2.07 bits per heavy atom. The number of H-pyrrole nitrogens is 1. The predicted octanol–water partition coefficient (Wildman–Crippen LogP) is 3.31. The third kappa shape index (κ3) is 4.56. The summed E-state index contributed by atoms with van der Waals surface area (Å²) in [4.78, 5) is 30.7. The van der Waals surface area contributed by atoms with E-state index in [-0.39, 0.29) is 5.56 Å². The average Bonchev–Trinajstić information content (AvgIpc) is 3.04. The Kier molecular flexibility index (Phi) is 6.17. The number of carboxylic acids is 1. The minimum Gasteiger partial charge on any atom is -0.480 e. The highest BCUT2D eigenvalue weighted by atomic mass is 16.4. The summed E-state index contributed by atoms with van der Waals surface area (Å²) in [6.07, 6.45) is 2.27. The number of hydrogen-bond acceptors (Lipinski definition) is 4. The summed E-state index contributed by atoms with van der Waals surface area (Å²) < 4.78 is 2.11. The van der Waals surface area contributed by atoms with Crippen LogP contribution >= 0.6 is 0 Å². The molecule has 2 heterocycles. The molecule has 0 bridgehead atoms. The molecular weight excluding hydrogens is 368 g/mol. The van der Waals surface area contributed by atoms with Crippen LogP contribution in [0.25, 0.3) is 22.4 Å². The van der Waals surface area contributed by atoms with Crippen molar-refractivity contribution in [3.05, 3.63) is 51.9 Å². The fourth-order valence-corrected chi connectivity index (χ4v) is 3.54. The molecule has 0 aliphatic heterocycles. The molecule has 3 rings (SSSR count). The van der Waals surface area contributed by atoms with Gasteiger partial charge < -0.3 is 20.0 Å². The van der Waals surface area contributed by atoms with E-state index < -0.39 is 12.0 Å². The minimum atomic E-state index is -0.828. The Hall–Kier alpha value is -2.93.